The third kappa shape index (κ3) is 11.5. The second-order valence-corrected chi connectivity index (χ2v) is 26.0. The van der Waals surface area contributed by atoms with E-state index in [1.165, 1.54) is 33.3 Å². The second-order valence-electron chi connectivity index (χ2n) is 26.0. The van der Waals surface area contributed by atoms with E-state index in [-0.39, 0.29) is 64.2 Å². The maximum atomic E-state index is 14.2. The van der Waals surface area contributed by atoms with E-state index in [4.69, 9.17) is 47.4 Å². The lowest BCUT2D eigenvalue weighted by Gasteiger charge is -2.71. The molecule has 5 aliphatic carbocycles. The van der Waals surface area contributed by atoms with Crippen LogP contribution in [-0.4, -0.2) is 165 Å². The van der Waals surface area contributed by atoms with Crippen LogP contribution >= 0.6 is 0 Å². The molecule has 3 saturated heterocycles. The van der Waals surface area contributed by atoms with Crippen molar-refractivity contribution in [2.24, 2.45) is 44.8 Å². The zero-order chi connectivity index (χ0) is 57.1. The summed E-state index contributed by atoms with van der Waals surface area (Å²) < 4.78 is 61.3. The van der Waals surface area contributed by atoms with Crippen molar-refractivity contribution in [1.29, 1.82) is 0 Å². The monoisotopic (exact) mass is 1100 g/mol. The molecule has 0 aromatic rings. The average molecular weight is 1100 g/mol. The van der Waals surface area contributed by atoms with Crippen molar-refractivity contribution in [2.75, 3.05) is 46.4 Å². The fraction of sp³-hybridized carbons (Fsp3) is 0.845. The fourth-order valence-corrected chi connectivity index (χ4v) is 16.3. The van der Waals surface area contributed by atoms with Crippen LogP contribution in [0.25, 0.3) is 0 Å². The zero-order valence-electron chi connectivity index (χ0n) is 48.7. The van der Waals surface area contributed by atoms with Crippen LogP contribution in [0, 0.1) is 44.8 Å². The molecule has 20 heteroatoms. The average Bonchev–Trinajstić information content (AvgIpc) is 3.16. The molecule has 0 spiro atoms. The number of nitrogens with one attached hydrogen (secondary N) is 1. The van der Waals surface area contributed by atoms with Crippen LogP contribution in [0.15, 0.2) is 11.6 Å². The summed E-state index contributed by atoms with van der Waals surface area (Å²) in [7, 11) is 2.10. The molecule has 438 valence electrons. The number of carbonyl (C=O) groups is 7. The van der Waals surface area contributed by atoms with Gasteiger partial charge in [-0.25, -0.2) is 4.79 Å². The van der Waals surface area contributed by atoms with E-state index in [0.29, 0.717) is 6.42 Å². The lowest BCUT2D eigenvalue weighted by atomic mass is 9.34. The summed E-state index contributed by atoms with van der Waals surface area (Å²) in [6, 6.07) is 0.0593. The first kappa shape index (κ1) is 59.7. The Kier molecular flexibility index (Phi) is 17.3. The molecule has 20 nitrogen and oxygen atoms in total. The van der Waals surface area contributed by atoms with Gasteiger partial charge in [0.2, 0.25) is 0 Å². The number of amides is 2. The predicted octanol–water partition coefficient (Wildman–Crippen LogP) is 6.57. The molecular weight excluding hydrogens is 1010 g/mol. The van der Waals surface area contributed by atoms with Crippen LogP contribution in [0.4, 0.5) is 4.79 Å². The first-order valence-corrected chi connectivity index (χ1v) is 28.5. The number of piperazine rings is 1. The molecule has 8 aliphatic rings. The van der Waals surface area contributed by atoms with Gasteiger partial charge in [0.25, 0.3) is 0 Å². The first-order valence-electron chi connectivity index (χ1n) is 28.5. The minimum Gasteiger partial charge on any atom is -0.465 e. The summed E-state index contributed by atoms with van der Waals surface area (Å²) in [5, 5.41) is 3.74. The number of hydrogen-bond acceptors (Lipinski definition) is 18. The van der Waals surface area contributed by atoms with E-state index in [0.717, 1.165) is 97.8 Å². The highest BCUT2D eigenvalue weighted by molar-refractivity contribution is 5.75. The lowest BCUT2D eigenvalue weighted by molar-refractivity contribution is -0.366. The normalized spacial score (nSPS) is 42.1. The topological polar surface area (TPSA) is 230 Å². The number of ether oxygens (including phenoxy) is 10. The van der Waals surface area contributed by atoms with Crippen molar-refractivity contribution in [3.8, 4) is 0 Å². The number of fused-ring (bicyclic) bond motifs is 7. The van der Waals surface area contributed by atoms with Gasteiger partial charge in [-0.05, 0) is 112 Å². The Bertz CT molecular complexity index is 2340. The standard InChI is InChI=1S/C58H89N3O17/c1-32-45(73-35(4)64)47(75-37(6)66)49(76-38(7)67)51(71-32)78-48-46(74-36(5)65)41(72-34(3)63)30-69-50(48)77-44-18-19-54(10)42(55(44,11)31-70-33(2)62)17-20-57(13)43(54)16-15-39-40-29-53(8,9)21-23-58(40,24-22-56(39,57)12)59-52(68)61-27-25-60(14)26-28-61/h15,32,40-51H,16-31H2,1-14H3,(H,59,68)/t32-,40-,41-,42+,43+,44-,45-,46-,47+,48+,49+,50-,51-,54-,55-,56+,57+,58-/m0/s1. The maximum Gasteiger partial charge on any atom is 0.317 e. The van der Waals surface area contributed by atoms with E-state index in [9.17, 15) is 33.6 Å². The van der Waals surface area contributed by atoms with E-state index < -0.39 is 103 Å². The summed E-state index contributed by atoms with van der Waals surface area (Å²) in [4.78, 5) is 94.8. The number of allylic oxidation sites excluding steroid dienone is 1. The van der Waals surface area contributed by atoms with Crippen molar-refractivity contribution in [3.63, 3.8) is 0 Å². The van der Waals surface area contributed by atoms with Crippen molar-refractivity contribution in [3.05, 3.63) is 11.6 Å². The van der Waals surface area contributed by atoms with Gasteiger partial charge in [0.15, 0.2) is 49.2 Å². The Balaban J connectivity index is 1.12. The number of urea groups is 1. The molecule has 4 saturated carbocycles. The molecule has 7 fully saturated rings. The predicted molar refractivity (Wildman–Crippen MR) is 279 cm³/mol. The highest BCUT2D eigenvalue weighted by Crippen LogP contribution is 2.75. The Hall–Kier alpha value is -4.37. The molecule has 0 bridgehead atoms. The van der Waals surface area contributed by atoms with E-state index in [2.05, 4.69) is 64.9 Å². The van der Waals surface area contributed by atoms with Gasteiger partial charge in [-0.1, -0.05) is 53.2 Å². The van der Waals surface area contributed by atoms with E-state index >= 15 is 0 Å². The van der Waals surface area contributed by atoms with Gasteiger partial charge < -0.3 is 62.5 Å². The molecule has 8 rings (SSSR count). The van der Waals surface area contributed by atoms with Crippen molar-refractivity contribution < 1.29 is 80.9 Å². The molecule has 0 aromatic heterocycles. The van der Waals surface area contributed by atoms with Gasteiger partial charge in [0, 0.05) is 84.6 Å². The summed E-state index contributed by atoms with van der Waals surface area (Å²) >= 11 is 0. The number of hydrogen-bond donors (Lipinski definition) is 1. The fourth-order valence-electron chi connectivity index (χ4n) is 16.3. The molecule has 0 aromatic carbocycles. The zero-order valence-corrected chi connectivity index (χ0v) is 48.7. The Morgan fingerprint density at radius 3 is 1.87 bits per heavy atom. The molecule has 0 radical (unpaired) electrons. The molecule has 1 N–H and O–H groups in total. The molecule has 3 heterocycles. The maximum absolute atomic E-state index is 14.2. The Morgan fingerprint density at radius 1 is 0.641 bits per heavy atom. The van der Waals surface area contributed by atoms with Gasteiger partial charge in [-0.3, -0.25) is 28.8 Å². The van der Waals surface area contributed by atoms with Crippen LogP contribution in [0.3, 0.4) is 0 Å². The van der Waals surface area contributed by atoms with Gasteiger partial charge in [0.05, 0.1) is 25.4 Å². The van der Waals surface area contributed by atoms with Crippen molar-refractivity contribution in [2.45, 2.75) is 221 Å². The highest BCUT2D eigenvalue weighted by Gasteiger charge is 2.70. The van der Waals surface area contributed by atoms with Crippen molar-refractivity contribution >= 4 is 41.8 Å². The third-order valence-electron chi connectivity index (χ3n) is 20.3. The van der Waals surface area contributed by atoms with E-state index in [1.807, 2.05) is 4.90 Å². The summed E-state index contributed by atoms with van der Waals surface area (Å²) in [6.07, 6.45) is -1.60. The minimum absolute atomic E-state index is 0.0292. The second kappa shape index (κ2) is 22.5. The Morgan fingerprint density at radius 2 is 1.24 bits per heavy atom. The number of rotatable bonds is 12. The van der Waals surface area contributed by atoms with Crippen LogP contribution in [0.5, 0.6) is 0 Å². The smallest absolute Gasteiger partial charge is 0.317 e. The van der Waals surface area contributed by atoms with Crippen LogP contribution in [-0.2, 0) is 76.1 Å². The van der Waals surface area contributed by atoms with Gasteiger partial charge >= 0.3 is 41.8 Å². The molecule has 78 heavy (non-hydrogen) atoms. The van der Waals surface area contributed by atoms with Crippen LogP contribution in [0.1, 0.15) is 154 Å². The Labute approximate surface area is 460 Å². The summed E-state index contributed by atoms with van der Waals surface area (Å²) in [6.45, 7) is 26.1. The summed E-state index contributed by atoms with van der Waals surface area (Å²) in [5.41, 5.74) is -0.0524. The number of likely N-dealkylation sites (N-methyl/N-ethyl adjacent to an activating group) is 1. The van der Waals surface area contributed by atoms with Gasteiger partial charge in [-0.2, -0.15) is 0 Å². The largest absolute Gasteiger partial charge is 0.465 e. The van der Waals surface area contributed by atoms with Gasteiger partial charge in [-0.15, -0.1) is 0 Å². The van der Waals surface area contributed by atoms with E-state index in [1.54, 1.807) is 6.92 Å². The first-order chi connectivity index (χ1) is 36.5. The third-order valence-corrected chi connectivity index (χ3v) is 20.3. The molecule has 2 amide bonds. The van der Waals surface area contributed by atoms with Gasteiger partial charge in [0.1, 0.15) is 0 Å². The molecule has 0 unspecified atom stereocenters. The summed E-state index contributed by atoms with van der Waals surface area (Å²) in [5.74, 6) is -3.74. The quantitative estimate of drug-likeness (QED) is 0.0942. The molecular formula is C58H89N3O17. The van der Waals surface area contributed by atoms with Crippen LogP contribution < -0.4 is 5.32 Å². The molecule has 3 aliphatic heterocycles. The number of carbonyl (C=O) groups excluding carboxylic acids is 7. The number of esters is 6. The molecule has 18 atom stereocenters. The van der Waals surface area contributed by atoms with Crippen molar-refractivity contribution in [1.82, 2.24) is 15.1 Å². The minimum atomic E-state index is -1.59. The lowest BCUT2D eigenvalue weighted by Crippen LogP contribution is -2.69. The highest BCUT2D eigenvalue weighted by atomic mass is 16.8. The SMILES string of the molecule is CC(=O)OC[C@@]1(C)[C@@H]2CC[C@]3(C)[C@H](CC=C4[C@@H]5CC(C)(C)CC[C@]5(NC(=O)N5CCN(C)CC5)CC[C@]43C)[C@@]2(C)CC[C@@H]1O[C@@H]1OC[C@H](OC(C)=O)[C@H](OC(C)=O)[C@H]1O[C@@H]1O[C@@H](C)[C@H](OC(C)=O)[C@@H](OC(C)=O)[C@H]1OC(C)=O. The van der Waals surface area contributed by atoms with Crippen LogP contribution in [0.2, 0.25) is 0 Å². The number of nitrogens with zero attached hydrogens (tertiary/aromatic N) is 2.